The maximum Gasteiger partial charge on any atom is 0.125 e. The van der Waals surface area contributed by atoms with Crippen molar-refractivity contribution in [2.75, 3.05) is 42.6 Å². The van der Waals surface area contributed by atoms with Crippen molar-refractivity contribution in [2.45, 2.75) is 32.1 Å². The molecule has 1 atom stereocenters. The number of halogens is 1. The van der Waals surface area contributed by atoms with E-state index in [2.05, 4.69) is 41.8 Å². The number of rotatable bonds is 2. The predicted molar refractivity (Wildman–Crippen MR) is 140 cm³/mol. The molecule has 3 aliphatic heterocycles. The van der Waals surface area contributed by atoms with Crippen molar-refractivity contribution >= 4 is 28.0 Å². The molecule has 0 saturated carbocycles. The molecule has 1 fully saturated rings. The standard InChI is InChI=1S/C29H28FN5O/c1-17-23-22(34-10-12-36-13-11-34)15-32-28-27(23)35(16-29(28,2)3)26-19-8-7-18(30)14-21(19)33-25(24(17)26)20-6-4-5-9-31-20/h4-9,14-15,17H,10-13,16H2,1-3H3. The number of hydrogen-bond acceptors (Lipinski definition) is 6. The summed E-state index contributed by atoms with van der Waals surface area (Å²) in [6.07, 6.45) is 3.86. The average Bonchev–Trinajstić information content (AvgIpc) is 3.17. The molecular weight excluding hydrogens is 453 g/mol. The second kappa shape index (κ2) is 7.71. The molecule has 4 aromatic rings. The summed E-state index contributed by atoms with van der Waals surface area (Å²) >= 11 is 0. The number of fused-ring (bicyclic) bond motifs is 4. The Morgan fingerprint density at radius 2 is 1.86 bits per heavy atom. The van der Waals surface area contributed by atoms with E-state index in [-0.39, 0.29) is 17.2 Å². The molecular formula is C29H28FN5O. The van der Waals surface area contributed by atoms with Gasteiger partial charge in [-0.3, -0.25) is 9.97 Å². The summed E-state index contributed by atoms with van der Waals surface area (Å²) in [5.41, 5.74) is 9.17. The van der Waals surface area contributed by atoms with Gasteiger partial charge in [-0.1, -0.05) is 26.8 Å². The van der Waals surface area contributed by atoms with Crippen molar-refractivity contribution in [3.63, 3.8) is 0 Å². The minimum absolute atomic E-state index is 0.0544. The van der Waals surface area contributed by atoms with Crippen LogP contribution in [-0.2, 0) is 10.2 Å². The molecule has 7 rings (SSSR count). The lowest BCUT2D eigenvalue weighted by Crippen LogP contribution is -2.37. The first kappa shape index (κ1) is 21.7. The van der Waals surface area contributed by atoms with Crippen LogP contribution in [0.25, 0.3) is 22.3 Å². The molecule has 3 aliphatic rings. The van der Waals surface area contributed by atoms with Gasteiger partial charge in [0.1, 0.15) is 5.82 Å². The molecule has 0 spiro atoms. The third-order valence-corrected chi connectivity index (χ3v) is 7.89. The lowest BCUT2D eigenvalue weighted by Gasteiger charge is -2.39. The summed E-state index contributed by atoms with van der Waals surface area (Å²) < 4.78 is 20.0. The summed E-state index contributed by atoms with van der Waals surface area (Å²) in [5.74, 6) is -0.233. The van der Waals surface area contributed by atoms with E-state index < -0.39 is 0 Å². The third kappa shape index (κ3) is 3.02. The molecule has 1 aromatic carbocycles. The predicted octanol–water partition coefficient (Wildman–Crippen LogP) is 5.56. The second-order valence-corrected chi connectivity index (χ2v) is 10.6. The van der Waals surface area contributed by atoms with E-state index in [0.717, 1.165) is 53.4 Å². The zero-order chi connectivity index (χ0) is 24.6. The van der Waals surface area contributed by atoms with E-state index in [1.165, 1.54) is 29.1 Å². The van der Waals surface area contributed by atoms with E-state index >= 15 is 0 Å². The third-order valence-electron chi connectivity index (χ3n) is 7.89. The molecule has 0 radical (unpaired) electrons. The van der Waals surface area contributed by atoms with Gasteiger partial charge in [-0.15, -0.1) is 0 Å². The highest BCUT2D eigenvalue weighted by atomic mass is 19.1. The van der Waals surface area contributed by atoms with Crippen molar-refractivity contribution < 1.29 is 9.13 Å². The molecule has 7 heteroatoms. The molecule has 1 unspecified atom stereocenters. The number of anilines is 3. The minimum atomic E-state index is -0.287. The Balaban J connectivity index is 1.57. The fourth-order valence-corrected chi connectivity index (χ4v) is 6.28. The maximum atomic E-state index is 14.4. The van der Waals surface area contributed by atoms with Gasteiger partial charge in [0.05, 0.1) is 59.1 Å². The van der Waals surface area contributed by atoms with E-state index in [1.807, 2.05) is 24.3 Å². The molecule has 0 bridgehead atoms. The number of ether oxygens (including phenoxy) is 1. The molecule has 182 valence electrons. The lowest BCUT2D eigenvalue weighted by molar-refractivity contribution is 0.122. The minimum Gasteiger partial charge on any atom is -0.378 e. The van der Waals surface area contributed by atoms with Crippen LogP contribution in [0, 0.1) is 5.82 Å². The van der Waals surface area contributed by atoms with Crippen molar-refractivity contribution in [3.05, 3.63) is 71.4 Å². The lowest BCUT2D eigenvalue weighted by atomic mass is 9.82. The molecule has 0 amide bonds. The number of aromatic nitrogens is 3. The zero-order valence-electron chi connectivity index (χ0n) is 20.8. The number of pyridine rings is 3. The van der Waals surface area contributed by atoms with Crippen LogP contribution in [0.2, 0.25) is 0 Å². The smallest absolute Gasteiger partial charge is 0.125 e. The van der Waals surface area contributed by atoms with E-state index in [9.17, 15) is 4.39 Å². The summed E-state index contributed by atoms with van der Waals surface area (Å²) in [7, 11) is 0. The van der Waals surface area contributed by atoms with Gasteiger partial charge in [0.2, 0.25) is 0 Å². The average molecular weight is 482 g/mol. The zero-order valence-corrected chi connectivity index (χ0v) is 20.8. The molecule has 1 saturated heterocycles. The van der Waals surface area contributed by atoms with E-state index in [1.54, 1.807) is 6.20 Å². The Morgan fingerprint density at radius 1 is 1.03 bits per heavy atom. The molecule has 0 N–H and O–H groups in total. The van der Waals surface area contributed by atoms with Crippen LogP contribution in [0.15, 0.2) is 48.8 Å². The molecule has 6 nitrogen and oxygen atoms in total. The van der Waals surface area contributed by atoms with E-state index in [0.29, 0.717) is 18.7 Å². The Kier molecular flexibility index (Phi) is 4.64. The van der Waals surface area contributed by atoms with Gasteiger partial charge in [0.15, 0.2) is 0 Å². The highest BCUT2D eigenvalue weighted by molar-refractivity contribution is 6.03. The Morgan fingerprint density at radius 3 is 2.64 bits per heavy atom. The van der Waals surface area contributed by atoms with Crippen LogP contribution in [0.3, 0.4) is 0 Å². The monoisotopic (exact) mass is 481 g/mol. The van der Waals surface area contributed by atoms with Gasteiger partial charge in [0.25, 0.3) is 0 Å². The van der Waals surface area contributed by atoms with Crippen molar-refractivity contribution in [3.8, 4) is 11.4 Å². The van der Waals surface area contributed by atoms with Crippen molar-refractivity contribution in [2.24, 2.45) is 0 Å². The van der Waals surface area contributed by atoms with Crippen molar-refractivity contribution in [1.82, 2.24) is 15.0 Å². The summed E-state index contributed by atoms with van der Waals surface area (Å²) in [4.78, 5) is 19.6. The van der Waals surface area contributed by atoms with E-state index in [4.69, 9.17) is 14.7 Å². The number of morpholine rings is 1. The first-order valence-corrected chi connectivity index (χ1v) is 12.6. The fourth-order valence-electron chi connectivity index (χ4n) is 6.28. The van der Waals surface area contributed by atoms with Crippen LogP contribution in [0.5, 0.6) is 0 Å². The normalized spacial score (nSPS) is 19.9. The largest absolute Gasteiger partial charge is 0.378 e. The van der Waals surface area contributed by atoms with Gasteiger partial charge in [-0.2, -0.15) is 0 Å². The van der Waals surface area contributed by atoms with Crippen LogP contribution in [0.4, 0.5) is 21.5 Å². The summed E-state index contributed by atoms with van der Waals surface area (Å²) in [6.45, 7) is 10.7. The fraction of sp³-hybridized carbons (Fsp3) is 0.345. The van der Waals surface area contributed by atoms with Gasteiger partial charge >= 0.3 is 0 Å². The number of nitrogens with zero attached hydrogens (tertiary/aromatic N) is 5. The Hall–Kier alpha value is -3.58. The highest BCUT2D eigenvalue weighted by Crippen LogP contribution is 2.58. The highest BCUT2D eigenvalue weighted by Gasteiger charge is 2.46. The molecule has 6 heterocycles. The van der Waals surface area contributed by atoms with Crippen molar-refractivity contribution in [1.29, 1.82) is 0 Å². The Bertz CT molecular complexity index is 1510. The quantitative estimate of drug-likeness (QED) is 0.374. The molecule has 36 heavy (non-hydrogen) atoms. The molecule has 0 aliphatic carbocycles. The van der Waals surface area contributed by atoms with Crippen LogP contribution in [-0.4, -0.2) is 47.8 Å². The van der Waals surface area contributed by atoms with Crippen LogP contribution in [0.1, 0.15) is 43.5 Å². The summed E-state index contributed by atoms with van der Waals surface area (Å²) in [5, 5.41) is 0.962. The van der Waals surface area contributed by atoms with Crippen LogP contribution >= 0.6 is 0 Å². The molecule has 3 aromatic heterocycles. The SMILES string of the molecule is CC1c2c(N3CCOCC3)cnc3c2N(CC3(C)C)c2c1c(-c1ccccn1)nc1cc(F)ccc21. The number of benzene rings is 1. The van der Waals surface area contributed by atoms with Gasteiger partial charge in [-0.25, -0.2) is 9.37 Å². The second-order valence-electron chi connectivity index (χ2n) is 10.6. The van der Waals surface area contributed by atoms with Gasteiger partial charge < -0.3 is 14.5 Å². The first-order chi connectivity index (χ1) is 17.4. The van der Waals surface area contributed by atoms with Gasteiger partial charge in [-0.05, 0) is 24.3 Å². The Labute approximate surface area is 209 Å². The van der Waals surface area contributed by atoms with Gasteiger partial charge in [0, 0.05) is 59.7 Å². The summed E-state index contributed by atoms with van der Waals surface area (Å²) in [6, 6.07) is 10.8. The first-order valence-electron chi connectivity index (χ1n) is 12.6. The number of hydrogen-bond donors (Lipinski definition) is 0. The van der Waals surface area contributed by atoms with Crippen LogP contribution < -0.4 is 9.80 Å². The maximum absolute atomic E-state index is 14.4. The topological polar surface area (TPSA) is 54.4 Å².